The van der Waals surface area contributed by atoms with E-state index < -0.39 is 0 Å². The van der Waals surface area contributed by atoms with Gasteiger partial charge in [-0.25, -0.2) is 0 Å². The van der Waals surface area contributed by atoms with Crippen LogP contribution in [0.2, 0.25) is 0 Å². The highest BCUT2D eigenvalue weighted by Gasteiger charge is 1.99. The first-order valence-corrected chi connectivity index (χ1v) is 5.05. The van der Waals surface area contributed by atoms with E-state index in [4.69, 9.17) is 4.74 Å². The van der Waals surface area contributed by atoms with Crippen molar-refractivity contribution in [1.82, 2.24) is 0 Å². The molecule has 0 saturated heterocycles. The van der Waals surface area contributed by atoms with E-state index in [1.807, 2.05) is 0 Å². The van der Waals surface area contributed by atoms with Gasteiger partial charge in [0.1, 0.15) is 5.78 Å². The summed E-state index contributed by atoms with van der Waals surface area (Å²) in [5.74, 6) is 2.03. The minimum absolute atomic E-state index is 0.342. The van der Waals surface area contributed by atoms with Gasteiger partial charge in [-0.05, 0) is 12.2 Å². The Balaban J connectivity index is 3.09. The van der Waals surface area contributed by atoms with Crippen LogP contribution in [0.15, 0.2) is 0 Å². The number of carbonyl (C=O) groups excluding carboxylic acids is 1. The lowest BCUT2D eigenvalue weighted by molar-refractivity contribution is -0.116. The Morgan fingerprint density at radius 3 is 2.82 bits per heavy atom. The molecule has 0 aliphatic heterocycles. The molecule has 0 N–H and O–H groups in total. The van der Waals surface area contributed by atoms with Gasteiger partial charge in [0.25, 0.3) is 0 Å². The van der Waals surface area contributed by atoms with Gasteiger partial charge in [-0.1, -0.05) is 6.92 Å². The maximum absolute atomic E-state index is 11.0. The van der Waals surface area contributed by atoms with Crippen molar-refractivity contribution < 1.29 is 9.53 Å². The first-order valence-electron chi connectivity index (χ1n) is 3.89. The van der Waals surface area contributed by atoms with Crippen LogP contribution in [0.3, 0.4) is 0 Å². The number of methoxy groups -OCH3 is 1. The molecule has 0 heterocycles. The number of carbonyl (C=O) groups is 1. The standard InChI is InChI=1S/C8H16O2S/c1-3-11-7-8(9)5-4-6-10-2/h3-7H2,1-2H3. The Morgan fingerprint density at radius 1 is 1.55 bits per heavy atom. The highest BCUT2D eigenvalue weighted by atomic mass is 32.2. The predicted molar refractivity (Wildman–Crippen MR) is 49.1 cm³/mol. The molecule has 0 rings (SSSR count). The molecule has 2 nitrogen and oxygen atoms in total. The van der Waals surface area contributed by atoms with E-state index in [-0.39, 0.29) is 0 Å². The van der Waals surface area contributed by atoms with E-state index in [0.717, 1.165) is 12.2 Å². The molecule has 0 aliphatic rings. The molecule has 0 unspecified atom stereocenters. The molecule has 0 amide bonds. The second kappa shape index (κ2) is 8.08. The van der Waals surface area contributed by atoms with Crippen LogP contribution in [0.4, 0.5) is 0 Å². The van der Waals surface area contributed by atoms with Gasteiger partial charge in [-0.2, -0.15) is 11.8 Å². The van der Waals surface area contributed by atoms with Crippen molar-refractivity contribution in [3.63, 3.8) is 0 Å². The normalized spacial score (nSPS) is 10.0. The summed E-state index contributed by atoms with van der Waals surface area (Å²) < 4.78 is 4.84. The van der Waals surface area contributed by atoms with E-state index in [1.165, 1.54) is 0 Å². The summed E-state index contributed by atoms with van der Waals surface area (Å²) >= 11 is 1.68. The first-order chi connectivity index (χ1) is 5.31. The molecule has 0 saturated carbocycles. The van der Waals surface area contributed by atoms with Crippen LogP contribution < -0.4 is 0 Å². The molecule has 0 atom stereocenters. The molecule has 0 aliphatic carbocycles. The zero-order valence-corrected chi connectivity index (χ0v) is 8.08. The smallest absolute Gasteiger partial charge is 0.142 e. The maximum atomic E-state index is 11.0. The molecule has 0 aromatic rings. The van der Waals surface area contributed by atoms with Gasteiger partial charge in [-0.15, -0.1) is 0 Å². The van der Waals surface area contributed by atoms with Crippen LogP contribution in [0.25, 0.3) is 0 Å². The summed E-state index contributed by atoms with van der Waals surface area (Å²) in [5.41, 5.74) is 0. The minimum Gasteiger partial charge on any atom is -0.385 e. The predicted octanol–water partition coefficient (Wildman–Crippen LogP) is 1.74. The monoisotopic (exact) mass is 176 g/mol. The summed E-state index contributed by atoms with van der Waals surface area (Å²) in [4.78, 5) is 11.0. The van der Waals surface area contributed by atoms with Crippen molar-refractivity contribution in [3.05, 3.63) is 0 Å². The van der Waals surface area contributed by atoms with E-state index in [0.29, 0.717) is 24.6 Å². The Labute approximate surface area is 72.7 Å². The van der Waals surface area contributed by atoms with Gasteiger partial charge < -0.3 is 4.74 Å². The van der Waals surface area contributed by atoms with Crippen molar-refractivity contribution in [1.29, 1.82) is 0 Å². The average Bonchev–Trinajstić information content (AvgIpc) is 2.01. The summed E-state index contributed by atoms with van der Waals surface area (Å²) in [6.07, 6.45) is 1.53. The van der Waals surface area contributed by atoms with E-state index >= 15 is 0 Å². The number of hydrogen-bond acceptors (Lipinski definition) is 3. The number of ketones is 1. The van der Waals surface area contributed by atoms with Gasteiger partial charge in [0.05, 0.1) is 5.75 Å². The SMILES string of the molecule is CCSCC(=O)CCCOC. The van der Waals surface area contributed by atoms with E-state index in [9.17, 15) is 4.79 Å². The number of hydrogen-bond donors (Lipinski definition) is 0. The lowest BCUT2D eigenvalue weighted by Gasteiger charge is -1.98. The van der Waals surface area contributed by atoms with Crippen LogP contribution >= 0.6 is 11.8 Å². The second-order valence-corrected chi connectivity index (χ2v) is 3.55. The molecule has 0 bridgehead atoms. The lowest BCUT2D eigenvalue weighted by atomic mass is 10.2. The highest BCUT2D eigenvalue weighted by Crippen LogP contribution is 2.01. The van der Waals surface area contributed by atoms with E-state index in [1.54, 1.807) is 18.9 Å². The fraction of sp³-hybridized carbons (Fsp3) is 0.875. The zero-order valence-electron chi connectivity index (χ0n) is 7.26. The molecule has 11 heavy (non-hydrogen) atoms. The van der Waals surface area contributed by atoms with Crippen LogP contribution in [-0.2, 0) is 9.53 Å². The quantitative estimate of drug-likeness (QED) is 0.553. The fourth-order valence-corrected chi connectivity index (χ4v) is 1.28. The third kappa shape index (κ3) is 7.88. The Bertz CT molecular complexity index is 104. The van der Waals surface area contributed by atoms with Crippen LogP contribution in [0.5, 0.6) is 0 Å². The Kier molecular flexibility index (Phi) is 8.07. The highest BCUT2D eigenvalue weighted by molar-refractivity contribution is 7.99. The number of thioether (sulfide) groups is 1. The molecule has 0 radical (unpaired) electrons. The lowest BCUT2D eigenvalue weighted by Crippen LogP contribution is -2.03. The topological polar surface area (TPSA) is 26.3 Å². The van der Waals surface area contributed by atoms with Gasteiger partial charge in [0, 0.05) is 20.1 Å². The van der Waals surface area contributed by atoms with E-state index in [2.05, 4.69) is 6.92 Å². The summed E-state index contributed by atoms with van der Waals surface area (Å²) in [7, 11) is 1.66. The average molecular weight is 176 g/mol. The van der Waals surface area contributed by atoms with Crippen molar-refractivity contribution in [3.8, 4) is 0 Å². The maximum Gasteiger partial charge on any atom is 0.142 e. The van der Waals surface area contributed by atoms with Gasteiger partial charge in [0.2, 0.25) is 0 Å². The number of Topliss-reactive ketones (excluding diaryl/α,β-unsaturated/α-hetero) is 1. The summed E-state index contributed by atoms with van der Waals surface area (Å²) in [5, 5.41) is 0. The number of ether oxygens (including phenoxy) is 1. The van der Waals surface area contributed by atoms with Gasteiger partial charge >= 0.3 is 0 Å². The number of rotatable bonds is 7. The molecule has 0 fully saturated rings. The summed E-state index contributed by atoms with van der Waals surface area (Å²) in [6, 6.07) is 0. The molecular weight excluding hydrogens is 160 g/mol. The third-order valence-electron chi connectivity index (χ3n) is 1.27. The molecule has 0 aromatic heterocycles. The van der Waals surface area contributed by atoms with Crippen LogP contribution in [-0.4, -0.2) is 31.0 Å². The minimum atomic E-state index is 0.342. The molecule has 0 aromatic carbocycles. The van der Waals surface area contributed by atoms with Gasteiger partial charge in [0.15, 0.2) is 0 Å². The Hall–Kier alpha value is -0.0200. The van der Waals surface area contributed by atoms with Crippen LogP contribution in [0.1, 0.15) is 19.8 Å². The third-order valence-corrected chi connectivity index (χ3v) is 2.21. The van der Waals surface area contributed by atoms with Crippen molar-refractivity contribution in [2.75, 3.05) is 25.2 Å². The largest absolute Gasteiger partial charge is 0.385 e. The van der Waals surface area contributed by atoms with Gasteiger partial charge in [-0.3, -0.25) is 4.79 Å². The Morgan fingerprint density at radius 2 is 2.27 bits per heavy atom. The zero-order chi connectivity index (χ0) is 8.53. The first kappa shape index (κ1) is 11.0. The molecule has 66 valence electrons. The second-order valence-electron chi connectivity index (χ2n) is 2.27. The fourth-order valence-electron chi connectivity index (χ4n) is 0.702. The molecule has 3 heteroatoms. The molecule has 0 spiro atoms. The molecular formula is C8H16O2S. The van der Waals surface area contributed by atoms with Crippen molar-refractivity contribution in [2.24, 2.45) is 0 Å². The van der Waals surface area contributed by atoms with Crippen molar-refractivity contribution in [2.45, 2.75) is 19.8 Å². The van der Waals surface area contributed by atoms with Crippen molar-refractivity contribution >= 4 is 17.5 Å². The summed E-state index contributed by atoms with van der Waals surface area (Å²) in [6.45, 7) is 2.76. The van der Waals surface area contributed by atoms with Crippen LogP contribution in [0, 0.1) is 0 Å².